The minimum atomic E-state index is -4.41. The second kappa shape index (κ2) is 8.54. The molecule has 10 nitrogen and oxygen atoms in total. The lowest BCUT2D eigenvalue weighted by Crippen LogP contribution is -2.44. The van der Waals surface area contributed by atoms with Gasteiger partial charge in [-0.2, -0.15) is 8.42 Å². The molecule has 0 unspecified atom stereocenters. The predicted octanol–water partition coefficient (Wildman–Crippen LogP) is -1.76. The second-order valence-corrected chi connectivity index (χ2v) is 6.68. The highest BCUT2D eigenvalue weighted by molar-refractivity contribution is 7.85. The van der Waals surface area contributed by atoms with Gasteiger partial charge < -0.3 is 20.0 Å². The zero-order valence-corrected chi connectivity index (χ0v) is 13.0. The molecule has 0 spiro atoms. The van der Waals surface area contributed by atoms with Gasteiger partial charge in [0.05, 0.1) is 21.1 Å². The lowest BCUT2D eigenvalue weighted by Gasteiger charge is -2.20. The maximum absolute atomic E-state index is 10.4. The van der Waals surface area contributed by atoms with Crippen molar-refractivity contribution in [2.45, 2.75) is 13.0 Å². The van der Waals surface area contributed by atoms with Gasteiger partial charge in [-0.3, -0.25) is 9.35 Å². The normalized spacial score (nSPS) is 12.6. The van der Waals surface area contributed by atoms with E-state index in [4.69, 9.17) is 14.8 Å². The van der Waals surface area contributed by atoms with E-state index in [1.165, 1.54) is 0 Å². The van der Waals surface area contributed by atoms with Crippen LogP contribution in [0, 0.1) is 0 Å². The number of amides is 1. The van der Waals surface area contributed by atoms with E-state index >= 15 is 0 Å². The third kappa shape index (κ3) is 18.3. The summed E-state index contributed by atoms with van der Waals surface area (Å²) in [6.45, 7) is 1.22. The van der Waals surface area contributed by atoms with Crippen LogP contribution in [0.25, 0.3) is 0 Å². The molecule has 0 aromatic carbocycles. The van der Waals surface area contributed by atoms with Crippen LogP contribution in [0.2, 0.25) is 0 Å². The Labute approximate surface area is 122 Å². The largest absolute Gasteiger partial charge is 0.480 e. The molecule has 21 heavy (non-hydrogen) atoms. The minimum absolute atomic E-state index is 0.181. The summed E-state index contributed by atoms with van der Waals surface area (Å²) in [5, 5.41) is 18.5. The Kier molecular flexibility index (Phi) is 8.78. The summed E-state index contributed by atoms with van der Waals surface area (Å²) in [6.07, 6.45) is 0. The standard InChI is InChI=1S/C5H9NO6S.C5H11NO2/c1-3(7)6-4(5(8)9)2-13(10,11)12;1-6(2,3)4-5(7)8/h4H,2H2,1H3,(H,6,7)(H,8,9)(H,10,11,12);4H2,1-3H3/p+1/t4-;/m1./s1. The molecule has 1 atom stereocenters. The van der Waals surface area contributed by atoms with Crippen LogP contribution < -0.4 is 5.32 Å². The first-order valence-corrected chi connectivity index (χ1v) is 7.22. The molecule has 0 saturated carbocycles. The molecule has 0 aromatic rings. The molecule has 1 amide bonds. The number of hydrogen-bond acceptors (Lipinski definition) is 5. The predicted molar refractivity (Wildman–Crippen MR) is 72.2 cm³/mol. The molecule has 0 aliphatic heterocycles. The number of carbonyl (C=O) groups is 3. The van der Waals surface area contributed by atoms with Crippen LogP contribution in [0.5, 0.6) is 0 Å². The number of rotatable bonds is 6. The highest BCUT2D eigenvalue weighted by Gasteiger charge is 2.24. The lowest BCUT2D eigenvalue weighted by molar-refractivity contribution is -0.862. The van der Waals surface area contributed by atoms with Crippen molar-refractivity contribution in [1.82, 2.24) is 5.32 Å². The fourth-order valence-electron chi connectivity index (χ4n) is 1.04. The Bertz CT molecular complexity index is 480. The average Bonchev–Trinajstić information content (AvgIpc) is 2.09. The number of nitrogens with zero attached hydrogens (tertiary/aromatic N) is 1. The highest BCUT2D eigenvalue weighted by atomic mass is 32.2. The van der Waals surface area contributed by atoms with Crippen molar-refractivity contribution in [2.75, 3.05) is 33.4 Å². The molecular weight excluding hydrogens is 308 g/mol. The van der Waals surface area contributed by atoms with E-state index < -0.39 is 39.8 Å². The number of hydrogen-bond donors (Lipinski definition) is 4. The molecule has 0 bridgehead atoms. The van der Waals surface area contributed by atoms with E-state index in [0.29, 0.717) is 4.48 Å². The average molecular weight is 329 g/mol. The number of carboxylic acids is 2. The zero-order valence-electron chi connectivity index (χ0n) is 12.2. The van der Waals surface area contributed by atoms with Crippen LogP contribution in [0.1, 0.15) is 6.92 Å². The van der Waals surface area contributed by atoms with Gasteiger partial charge in [0.2, 0.25) is 5.91 Å². The molecule has 0 heterocycles. The number of likely N-dealkylation sites (N-methyl/N-ethyl adjacent to an activating group) is 1. The van der Waals surface area contributed by atoms with Gasteiger partial charge in [0.15, 0.2) is 6.54 Å². The van der Waals surface area contributed by atoms with Crippen LogP contribution >= 0.6 is 0 Å². The Morgan fingerprint density at radius 2 is 1.57 bits per heavy atom. The maximum Gasteiger partial charge on any atom is 0.359 e. The van der Waals surface area contributed by atoms with Crippen molar-refractivity contribution in [1.29, 1.82) is 0 Å². The van der Waals surface area contributed by atoms with Gasteiger partial charge in [-0.05, 0) is 0 Å². The zero-order chi connectivity index (χ0) is 17.4. The number of aliphatic carboxylic acids is 2. The van der Waals surface area contributed by atoms with Crippen LogP contribution in [-0.2, 0) is 24.5 Å². The van der Waals surface area contributed by atoms with E-state index in [1.54, 1.807) is 0 Å². The first-order chi connectivity index (χ1) is 9.14. The van der Waals surface area contributed by atoms with Crippen LogP contribution in [0.15, 0.2) is 0 Å². The summed E-state index contributed by atoms with van der Waals surface area (Å²) < 4.78 is 29.3. The van der Waals surface area contributed by atoms with E-state index in [-0.39, 0.29) is 6.54 Å². The minimum Gasteiger partial charge on any atom is -0.480 e. The van der Waals surface area contributed by atoms with Gasteiger partial charge in [0.1, 0.15) is 11.8 Å². The van der Waals surface area contributed by atoms with Gasteiger partial charge >= 0.3 is 11.9 Å². The van der Waals surface area contributed by atoms with Gasteiger partial charge in [-0.25, -0.2) is 9.59 Å². The summed E-state index contributed by atoms with van der Waals surface area (Å²) in [5.74, 6) is -4.00. The van der Waals surface area contributed by atoms with Crippen LogP contribution in [0.4, 0.5) is 0 Å². The van der Waals surface area contributed by atoms with Gasteiger partial charge in [0.25, 0.3) is 10.1 Å². The molecule has 0 radical (unpaired) electrons. The van der Waals surface area contributed by atoms with Crippen LogP contribution in [0.3, 0.4) is 0 Å². The first-order valence-electron chi connectivity index (χ1n) is 5.61. The van der Waals surface area contributed by atoms with E-state index in [9.17, 15) is 22.8 Å². The monoisotopic (exact) mass is 329 g/mol. The van der Waals surface area contributed by atoms with E-state index in [0.717, 1.165) is 6.92 Å². The Hall–Kier alpha value is -1.72. The van der Waals surface area contributed by atoms with Crippen molar-refractivity contribution >= 4 is 28.0 Å². The molecule has 0 aromatic heterocycles. The topological polar surface area (TPSA) is 158 Å². The van der Waals surface area contributed by atoms with Crippen molar-refractivity contribution in [3.05, 3.63) is 0 Å². The second-order valence-electron chi connectivity index (χ2n) is 5.18. The van der Waals surface area contributed by atoms with Crippen molar-refractivity contribution < 1.29 is 42.1 Å². The summed E-state index contributed by atoms with van der Waals surface area (Å²) in [6, 6.07) is -1.62. The first kappa shape index (κ1) is 21.6. The highest BCUT2D eigenvalue weighted by Crippen LogP contribution is 1.91. The van der Waals surface area contributed by atoms with E-state index in [1.807, 2.05) is 26.5 Å². The summed E-state index contributed by atoms with van der Waals surface area (Å²) >= 11 is 0. The maximum atomic E-state index is 10.4. The summed E-state index contributed by atoms with van der Waals surface area (Å²) in [4.78, 5) is 30.7. The Balaban J connectivity index is 0. The quantitative estimate of drug-likeness (QED) is 0.329. The Morgan fingerprint density at radius 1 is 1.14 bits per heavy atom. The molecule has 0 rings (SSSR count). The fourth-order valence-corrected chi connectivity index (χ4v) is 1.68. The molecule has 0 aliphatic rings. The number of carboxylic acid groups (broad SMARTS) is 2. The SMILES string of the molecule is CC(=O)N[C@H](CS(=O)(=O)O)C(=O)O.C[N+](C)(C)CC(=O)O. The number of nitrogens with one attached hydrogen (secondary N) is 1. The molecule has 0 aliphatic carbocycles. The van der Waals surface area contributed by atoms with Crippen LogP contribution in [-0.4, -0.2) is 85.0 Å². The van der Waals surface area contributed by atoms with Crippen molar-refractivity contribution in [2.24, 2.45) is 0 Å². The summed E-state index contributed by atoms with van der Waals surface area (Å²) in [5.41, 5.74) is 0. The van der Waals surface area contributed by atoms with Gasteiger partial charge in [-0.1, -0.05) is 0 Å². The molecule has 124 valence electrons. The number of carbonyl (C=O) groups excluding carboxylic acids is 1. The molecular formula is C10H21N2O8S+. The summed E-state index contributed by atoms with van der Waals surface area (Å²) in [7, 11) is 1.11. The molecule has 4 N–H and O–H groups in total. The van der Waals surface area contributed by atoms with Crippen molar-refractivity contribution in [3.8, 4) is 0 Å². The van der Waals surface area contributed by atoms with Gasteiger partial charge in [-0.15, -0.1) is 0 Å². The molecule has 11 heteroatoms. The molecule has 0 fully saturated rings. The number of quaternary nitrogens is 1. The third-order valence-electron chi connectivity index (χ3n) is 1.66. The smallest absolute Gasteiger partial charge is 0.359 e. The third-order valence-corrected chi connectivity index (χ3v) is 2.42. The molecule has 0 saturated heterocycles. The van der Waals surface area contributed by atoms with Gasteiger partial charge in [0, 0.05) is 6.92 Å². The lowest BCUT2D eigenvalue weighted by atomic mass is 10.3. The Morgan fingerprint density at radius 3 is 1.71 bits per heavy atom. The fraction of sp³-hybridized carbons (Fsp3) is 0.700. The van der Waals surface area contributed by atoms with E-state index in [2.05, 4.69) is 0 Å². The van der Waals surface area contributed by atoms with Crippen molar-refractivity contribution in [3.63, 3.8) is 0 Å².